The third kappa shape index (κ3) is 2.56. The van der Waals surface area contributed by atoms with Gasteiger partial charge in [-0.15, -0.1) is 0 Å². The molecule has 0 radical (unpaired) electrons. The zero-order valence-corrected chi connectivity index (χ0v) is 13.0. The summed E-state index contributed by atoms with van der Waals surface area (Å²) in [4.78, 5) is 4.40. The number of aromatic nitrogens is 2. The summed E-state index contributed by atoms with van der Waals surface area (Å²) in [5, 5.41) is 3.44. The van der Waals surface area contributed by atoms with Crippen LogP contribution < -0.4 is 10.1 Å². The number of aryl methyl sites for hydroxylation is 1. The van der Waals surface area contributed by atoms with Crippen LogP contribution in [0, 0.1) is 6.92 Å². The van der Waals surface area contributed by atoms with Crippen molar-refractivity contribution >= 4 is 0 Å². The Hall–Kier alpha value is -1.81. The number of piperidine rings is 1. The molecular formula is C17H23N3O. The summed E-state index contributed by atoms with van der Waals surface area (Å²) in [6, 6.07) is 6.29. The summed E-state index contributed by atoms with van der Waals surface area (Å²) in [5.41, 5.74) is 3.79. The Morgan fingerprint density at radius 1 is 1.29 bits per heavy atom. The van der Waals surface area contributed by atoms with Crippen LogP contribution in [0.15, 0.2) is 30.7 Å². The molecule has 1 aliphatic rings. The molecule has 4 heteroatoms. The number of imidazole rings is 1. The first-order valence-corrected chi connectivity index (χ1v) is 7.53. The zero-order chi connectivity index (χ0) is 14.9. The maximum atomic E-state index is 5.35. The van der Waals surface area contributed by atoms with E-state index >= 15 is 0 Å². The highest BCUT2D eigenvalue weighted by molar-refractivity contribution is 5.45. The average molecular weight is 285 g/mol. The quantitative estimate of drug-likeness (QED) is 0.942. The molecule has 2 aromatic rings. The largest absolute Gasteiger partial charge is 0.496 e. The molecule has 1 fully saturated rings. The van der Waals surface area contributed by atoms with Crippen molar-refractivity contribution in [1.82, 2.24) is 14.9 Å². The first-order chi connectivity index (χ1) is 10.1. The van der Waals surface area contributed by atoms with Crippen LogP contribution in [0.1, 0.15) is 31.0 Å². The van der Waals surface area contributed by atoms with Crippen LogP contribution >= 0.6 is 0 Å². The Kier molecular flexibility index (Phi) is 3.72. The molecule has 1 aliphatic heterocycles. The maximum Gasteiger partial charge on any atom is 0.121 e. The number of methoxy groups -OCH3 is 1. The van der Waals surface area contributed by atoms with E-state index in [9.17, 15) is 0 Å². The van der Waals surface area contributed by atoms with Crippen molar-refractivity contribution in [2.45, 2.75) is 32.1 Å². The number of ether oxygens (including phenoxy) is 1. The van der Waals surface area contributed by atoms with E-state index in [1.807, 2.05) is 18.6 Å². The lowest BCUT2D eigenvalue weighted by molar-refractivity contribution is 0.324. The molecule has 0 amide bonds. The second kappa shape index (κ2) is 5.53. The van der Waals surface area contributed by atoms with E-state index in [2.05, 4.69) is 40.8 Å². The molecule has 1 aromatic carbocycles. The molecule has 3 rings (SSSR count). The third-order valence-corrected chi connectivity index (χ3v) is 4.62. The first-order valence-electron chi connectivity index (χ1n) is 7.53. The Morgan fingerprint density at radius 2 is 2.05 bits per heavy atom. The minimum Gasteiger partial charge on any atom is -0.496 e. The summed E-state index contributed by atoms with van der Waals surface area (Å²) >= 11 is 0. The summed E-state index contributed by atoms with van der Waals surface area (Å²) in [7, 11) is 1.71. The Labute approximate surface area is 126 Å². The highest BCUT2D eigenvalue weighted by Crippen LogP contribution is 2.34. The molecular weight excluding hydrogens is 262 g/mol. The highest BCUT2D eigenvalue weighted by Gasteiger charge is 2.32. The van der Waals surface area contributed by atoms with Crippen molar-refractivity contribution in [1.29, 1.82) is 0 Å². The van der Waals surface area contributed by atoms with E-state index in [1.165, 1.54) is 5.69 Å². The summed E-state index contributed by atoms with van der Waals surface area (Å²) in [6.07, 6.45) is 6.23. The van der Waals surface area contributed by atoms with Gasteiger partial charge in [0.25, 0.3) is 0 Å². The third-order valence-electron chi connectivity index (χ3n) is 4.62. The van der Waals surface area contributed by atoms with Crippen molar-refractivity contribution in [3.63, 3.8) is 0 Å². The fraction of sp³-hybridized carbons (Fsp3) is 0.471. The van der Waals surface area contributed by atoms with Crippen molar-refractivity contribution in [3.05, 3.63) is 42.0 Å². The lowest BCUT2D eigenvalue weighted by Crippen LogP contribution is -2.38. The molecule has 0 unspecified atom stereocenters. The van der Waals surface area contributed by atoms with Gasteiger partial charge in [-0.1, -0.05) is 6.92 Å². The second-order valence-corrected chi connectivity index (χ2v) is 6.11. The predicted molar refractivity (Wildman–Crippen MR) is 84.3 cm³/mol. The van der Waals surface area contributed by atoms with Crippen LogP contribution in [-0.2, 0) is 5.41 Å². The monoisotopic (exact) mass is 285 g/mol. The maximum absolute atomic E-state index is 5.35. The standard InChI is InChI=1S/C17H23N3O/c1-13-10-14(4-5-15(13)21-3)20-12-19-11-16(20)17(2)6-8-18-9-7-17/h4-5,10-12,18H,6-9H2,1-3H3. The van der Waals surface area contributed by atoms with Gasteiger partial charge in [-0.2, -0.15) is 0 Å². The van der Waals surface area contributed by atoms with Gasteiger partial charge in [0.05, 0.1) is 13.4 Å². The van der Waals surface area contributed by atoms with Crippen molar-refractivity contribution in [3.8, 4) is 11.4 Å². The van der Waals surface area contributed by atoms with Crippen LogP contribution in [0.4, 0.5) is 0 Å². The van der Waals surface area contributed by atoms with Gasteiger partial charge >= 0.3 is 0 Å². The SMILES string of the molecule is COc1ccc(-n2cncc2C2(C)CCNCC2)cc1C. The smallest absolute Gasteiger partial charge is 0.121 e. The molecule has 4 nitrogen and oxygen atoms in total. The number of benzene rings is 1. The van der Waals surface area contributed by atoms with E-state index < -0.39 is 0 Å². The fourth-order valence-electron chi connectivity index (χ4n) is 3.19. The lowest BCUT2D eigenvalue weighted by atomic mass is 9.78. The molecule has 0 spiro atoms. The molecule has 1 N–H and O–H groups in total. The molecule has 0 bridgehead atoms. The van der Waals surface area contributed by atoms with Crippen LogP contribution in [-0.4, -0.2) is 29.8 Å². The minimum atomic E-state index is 0.190. The van der Waals surface area contributed by atoms with Gasteiger partial charge in [0.2, 0.25) is 0 Å². The van der Waals surface area contributed by atoms with Crippen LogP contribution in [0.3, 0.4) is 0 Å². The van der Waals surface area contributed by atoms with Gasteiger partial charge in [-0.05, 0) is 56.6 Å². The van der Waals surface area contributed by atoms with Gasteiger partial charge < -0.3 is 14.6 Å². The van der Waals surface area contributed by atoms with Gasteiger partial charge in [0, 0.05) is 23.0 Å². The van der Waals surface area contributed by atoms with Gasteiger partial charge in [-0.25, -0.2) is 4.98 Å². The molecule has 1 saturated heterocycles. The summed E-state index contributed by atoms with van der Waals surface area (Å²) < 4.78 is 7.57. The minimum absolute atomic E-state index is 0.190. The molecule has 0 aliphatic carbocycles. The molecule has 0 atom stereocenters. The van der Waals surface area contributed by atoms with Gasteiger partial charge in [0.1, 0.15) is 5.75 Å². The number of hydrogen-bond acceptors (Lipinski definition) is 3. The lowest BCUT2D eigenvalue weighted by Gasteiger charge is -2.34. The first kappa shape index (κ1) is 14.1. The average Bonchev–Trinajstić information content (AvgIpc) is 2.98. The van der Waals surface area contributed by atoms with Gasteiger partial charge in [0.15, 0.2) is 0 Å². The van der Waals surface area contributed by atoms with Crippen molar-refractivity contribution < 1.29 is 4.74 Å². The highest BCUT2D eigenvalue weighted by atomic mass is 16.5. The summed E-state index contributed by atoms with van der Waals surface area (Å²) in [5.74, 6) is 0.925. The summed E-state index contributed by atoms with van der Waals surface area (Å²) in [6.45, 7) is 6.57. The normalized spacial score (nSPS) is 17.7. The van der Waals surface area contributed by atoms with E-state index in [1.54, 1.807) is 7.11 Å². The second-order valence-electron chi connectivity index (χ2n) is 6.11. The van der Waals surface area contributed by atoms with E-state index in [-0.39, 0.29) is 5.41 Å². The van der Waals surface area contributed by atoms with Crippen molar-refractivity contribution in [2.24, 2.45) is 0 Å². The van der Waals surface area contributed by atoms with Gasteiger partial charge in [-0.3, -0.25) is 0 Å². The Balaban J connectivity index is 2.00. The fourth-order valence-corrected chi connectivity index (χ4v) is 3.19. The topological polar surface area (TPSA) is 39.1 Å². The number of hydrogen-bond donors (Lipinski definition) is 1. The zero-order valence-electron chi connectivity index (χ0n) is 13.0. The number of nitrogens with zero attached hydrogens (tertiary/aromatic N) is 2. The molecule has 0 saturated carbocycles. The van der Waals surface area contributed by atoms with E-state index in [0.717, 1.165) is 42.9 Å². The molecule has 2 heterocycles. The molecule has 1 aromatic heterocycles. The molecule has 112 valence electrons. The van der Waals surface area contributed by atoms with E-state index in [4.69, 9.17) is 4.74 Å². The van der Waals surface area contributed by atoms with Crippen LogP contribution in [0.25, 0.3) is 5.69 Å². The number of nitrogens with one attached hydrogen (secondary N) is 1. The van der Waals surface area contributed by atoms with Crippen molar-refractivity contribution in [2.75, 3.05) is 20.2 Å². The Bertz CT molecular complexity index is 627. The van der Waals surface area contributed by atoms with Crippen LogP contribution in [0.5, 0.6) is 5.75 Å². The molecule has 21 heavy (non-hydrogen) atoms. The van der Waals surface area contributed by atoms with Crippen LogP contribution in [0.2, 0.25) is 0 Å². The van der Waals surface area contributed by atoms with E-state index in [0.29, 0.717) is 0 Å². The predicted octanol–water partition coefficient (Wildman–Crippen LogP) is 2.83. The number of rotatable bonds is 3. The Morgan fingerprint density at radius 3 is 2.71 bits per heavy atom.